The van der Waals surface area contributed by atoms with E-state index in [1.165, 1.54) is 51.5 Å². The van der Waals surface area contributed by atoms with Crippen LogP contribution >= 0.6 is 0 Å². The third-order valence-electron chi connectivity index (χ3n) is 3.96. The lowest BCUT2D eigenvalue weighted by Gasteiger charge is -2.36. The lowest BCUT2D eigenvalue weighted by Crippen LogP contribution is -2.47. The molecule has 0 aromatic rings. The van der Waals surface area contributed by atoms with Crippen LogP contribution in [0.2, 0.25) is 0 Å². The molecule has 2 fully saturated rings. The predicted molar refractivity (Wildman–Crippen MR) is 69.7 cm³/mol. The summed E-state index contributed by atoms with van der Waals surface area (Å²) in [5.41, 5.74) is 0. The zero-order chi connectivity index (χ0) is 12.1. The number of hydrogen-bond acceptors (Lipinski definition) is 3. The molecule has 1 aliphatic heterocycles. The van der Waals surface area contributed by atoms with Crippen LogP contribution in [-0.2, 0) is 0 Å². The Kier molecular flexibility index (Phi) is 4.82. The van der Waals surface area contributed by atoms with Gasteiger partial charge in [-0.25, -0.2) is 0 Å². The molecule has 1 saturated heterocycles. The standard InChI is InChI=1S/C14H25N3/c1-2-5-14-6-3-4-9-17(14)11-13(10-15)16-12-7-8-12/h12-14,16H,2-9,11H2,1H3. The van der Waals surface area contributed by atoms with Crippen LogP contribution < -0.4 is 5.32 Å². The highest BCUT2D eigenvalue weighted by atomic mass is 15.2. The van der Waals surface area contributed by atoms with Crippen LogP contribution in [0.15, 0.2) is 0 Å². The minimum atomic E-state index is 0.0416. The molecule has 0 aromatic carbocycles. The molecule has 2 aliphatic rings. The number of nitrogens with zero attached hydrogens (tertiary/aromatic N) is 2. The molecule has 1 heterocycles. The molecule has 1 aliphatic carbocycles. The summed E-state index contributed by atoms with van der Waals surface area (Å²) in [5, 5.41) is 12.7. The van der Waals surface area contributed by atoms with E-state index in [0.717, 1.165) is 12.6 Å². The van der Waals surface area contributed by atoms with Gasteiger partial charge >= 0.3 is 0 Å². The van der Waals surface area contributed by atoms with E-state index < -0.39 is 0 Å². The lowest BCUT2D eigenvalue weighted by atomic mass is 9.97. The fourth-order valence-corrected chi connectivity index (χ4v) is 2.86. The molecular weight excluding hydrogens is 210 g/mol. The molecule has 0 spiro atoms. The van der Waals surface area contributed by atoms with Gasteiger partial charge in [0.05, 0.1) is 6.07 Å². The summed E-state index contributed by atoms with van der Waals surface area (Å²) in [4.78, 5) is 2.55. The Morgan fingerprint density at radius 1 is 1.35 bits per heavy atom. The Bertz CT molecular complexity index is 265. The molecule has 2 rings (SSSR count). The Hall–Kier alpha value is -0.590. The fourth-order valence-electron chi connectivity index (χ4n) is 2.86. The first kappa shape index (κ1) is 12.9. The second kappa shape index (κ2) is 6.37. The number of likely N-dealkylation sites (tertiary alicyclic amines) is 1. The third-order valence-corrected chi connectivity index (χ3v) is 3.96. The van der Waals surface area contributed by atoms with Crippen molar-refractivity contribution in [2.45, 2.75) is 70.0 Å². The molecule has 0 radical (unpaired) electrons. The average Bonchev–Trinajstić information content (AvgIpc) is 3.15. The maximum Gasteiger partial charge on any atom is 0.108 e. The maximum absolute atomic E-state index is 9.21. The van der Waals surface area contributed by atoms with Crippen molar-refractivity contribution in [2.24, 2.45) is 0 Å². The normalized spacial score (nSPS) is 27.6. The molecule has 0 bridgehead atoms. The quantitative estimate of drug-likeness (QED) is 0.767. The van der Waals surface area contributed by atoms with Crippen LogP contribution in [0.4, 0.5) is 0 Å². The first-order chi connectivity index (χ1) is 8.33. The largest absolute Gasteiger partial charge is 0.298 e. The Labute approximate surface area is 105 Å². The Morgan fingerprint density at radius 2 is 2.18 bits per heavy atom. The molecular formula is C14H25N3. The van der Waals surface area contributed by atoms with Crippen LogP contribution in [-0.4, -0.2) is 36.1 Å². The van der Waals surface area contributed by atoms with E-state index in [2.05, 4.69) is 23.2 Å². The summed E-state index contributed by atoms with van der Waals surface area (Å²) >= 11 is 0. The molecule has 1 saturated carbocycles. The summed E-state index contributed by atoms with van der Waals surface area (Å²) in [6.07, 6.45) is 9.08. The predicted octanol–water partition coefficient (Wildman–Crippen LogP) is 2.29. The van der Waals surface area contributed by atoms with Gasteiger partial charge in [-0.05, 0) is 38.6 Å². The van der Waals surface area contributed by atoms with Crippen molar-refractivity contribution in [3.05, 3.63) is 0 Å². The van der Waals surface area contributed by atoms with Gasteiger partial charge in [0, 0.05) is 18.6 Å². The number of piperidine rings is 1. The zero-order valence-corrected chi connectivity index (χ0v) is 11.0. The van der Waals surface area contributed by atoms with Gasteiger partial charge in [-0.1, -0.05) is 19.8 Å². The van der Waals surface area contributed by atoms with Crippen LogP contribution in [0, 0.1) is 11.3 Å². The number of nitriles is 1. The first-order valence-corrected chi connectivity index (χ1v) is 7.23. The van der Waals surface area contributed by atoms with Gasteiger partial charge in [0.25, 0.3) is 0 Å². The number of rotatable bonds is 6. The van der Waals surface area contributed by atoms with Crippen molar-refractivity contribution in [1.29, 1.82) is 5.26 Å². The second-order valence-electron chi connectivity index (χ2n) is 5.56. The molecule has 96 valence electrons. The summed E-state index contributed by atoms with van der Waals surface area (Å²) in [6.45, 7) is 4.38. The SMILES string of the molecule is CCCC1CCCCN1CC(C#N)NC1CC1. The summed E-state index contributed by atoms with van der Waals surface area (Å²) in [6, 6.07) is 3.83. The fraction of sp³-hybridized carbons (Fsp3) is 0.929. The van der Waals surface area contributed by atoms with Crippen LogP contribution in [0.5, 0.6) is 0 Å². The first-order valence-electron chi connectivity index (χ1n) is 7.23. The smallest absolute Gasteiger partial charge is 0.108 e. The van der Waals surface area contributed by atoms with Crippen LogP contribution in [0.25, 0.3) is 0 Å². The molecule has 2 unspecified atom stereocenters. The third kappa shape index (κ3) is 3.97. The summed E-state index contributed by atoms with van der Waals surface area (Å²) in [5.74, 6) is 0. The second-order valence-corrected chi connectivity index (χ2v) is 5.56. The molecule has 0 aromatic heterocycles. The minimum Gasteiger partial charge on any atom is -0.298 e. The maximum atomic E-state index is 9.21. The summed E-state index contributed by atoms with van der Waals surface area (Å²) in [7, 11) is 0. The van der Waals surface area contributed by atoms with E-state index >= 15 is 0 Å². The zero-order valence-electron chi connectivity index (χ0n) is 11.0. The van der Waals surface area contributed by atoms with E-state index in [4.69, 9.17) is 0 Å². The van der Waals surface area contributed by atoms with Crippen molar-refractivity contribution in [2.75, 3.05) is 13.1 Å². The topological polar surface area (TPSA) is 39.1 Å². The molecule has 2 atom stereocenters. The van der Waals surface area contributed by atoms with E-state index in [1.807, 2.05) is 0 Å². The van der Waals surface area contributed by atoms with Crippen molar-refractivity contribution in [1.82, 2.24) is 10.2 Å². The van der Waals surface area contributed by atoms with Crippen molar-refractivity contribution < 1.29 is 0 Å². The van der Waals surface area contributed by atoms with Crippen molar-refractivity contribution in [3.63, 3.8) is 0 Å². The van der Waals surface area contributed by atoms with Crippen molar-refractivity contribution in [3.8, 4) is 6.07 Å². The van der Waals surface area contributed by atoms with E-state index in [0.29, 0.717) is 6.04 Å². The van der Waals surface area contributed by atoms with Gasteiger partial charge in [-0.3, -0.25) is 10.2 Å². The van der Waals surface area contributed by atoms with Gasteiger partial charge in [0.1, 0.15) is 6.04 Å². The highest BCUT2D eigenvalue weighted by Crippen LogP contribution is 2.22. The molecule has 0 amide bonds. The van der Waals surface area contributed by atoms with E-state index in [9.17, 15) is 5.26 Å². The van der Waals surface area contributed by atoms with Crippen LogP contribution in [0.1, 0.15) is 51.9 Å². The highest BCUT2D eigenvalue weighted by Gasteiger charge is 2.28. The molecule has 17 heavy (non-hydrogen) atoms. The Balaban J connectivity index is 1.82. The monoisotopic (exact) mass is 235 g/mol. The highest BCUT2D eigenvalue weighted by molar-refractivity contribution is 4.98. The van der Waals surface area contributed by atoms with Gasteiger partial charge in [0.2, 0.25) is 0 Å². The van der Waals surface area contributed by atoms with Gasteiger partial charge < -0.3 is 0 Å². The van der Waals surface area contributed by atoms with E-state index in [1.54, 1.807) is 0 Å². The molecule has 3 heteroatoms. The lowest BCUT2D eigenvalue weighted by molar-refractivity contribution is 0.132. The summed E-state index contributed by atoms with van der Waals surface area (Å²) < 4.78 is 0. The van der Waals surface area contributed by atoms with Crippen molar-refractivity contribution >= 4 is 0 Å². The number of nitrogens with one attached hydrogen (secondary N) is 1. The average molecular weight is 235 g/mol. The van der Waals surface area contributed by atoms with Gasteiger partial charge in [-0.15, -0.1) is 0 Å². The van der Waals surface area contributed by atoms with E-state index in [-0.39, 0.29) is 6.04 Å². The number of hydrogen-bond donors (Lipinski definition) is 1. The molecule has 3 nitrogen and oxygen atoms in total. The molecule has 1 N–H and O–H groups in total. The van der Waals surface area contributed by atoms with Gasteiger partial charge in [0.15, 0.2) is 0 Å². The van der Waals surface area contributed by atoms with Gasteiger partial charge in [-0.2, -0.15) is 5.26 Å². The Morgan fingerprint density at radius 3 is 2.82 bits per heavy atom. The van der Waals surface area contributed by atoms with Crippen LogP contribution in [0.3, 0.4) is 0 Å². The minimum absolute atomic E-state index is 0.0416.